The van der Waals surface area contributed by atoms with Gasteiger partial charge in [0.15, 0.2) is 9.84 Å². The summed E-state index contributed by atoms with van der Waals surface area (Å²) in [7, 11) is -1.87. The summed E-state index contributed by atoms with van der Waals surface area (Å²) in [6, 6.07) is 22.4. The number of rotatable bonds is 13. The van der Waals surface area contributed by atoms with Crippen LogP contribution in [0.3, 0.4) is 0 Å². The molecule has 1 saturated heterocycles. The first kappa shape index (κ1) is 32.7. The fraction of sp³-hybridized carbons (Fsp3) is 0.324. The molecule has 1 atom stereocenters. The number of carbonyl (C=O) groups excluding carboxylic acids is 3. The van der Waals surface area contributed by atoms with Gasteiger partial charge in [0.1, 0.15) is 22.8 Å². The van der Waals surface area contributed by atoms with E-state index in [9.17, 15) is 22.8 Å². The number of carbonyl (C=O) groups is 3. The lowest BCUT2D eigenvalue weighted by Gasteiger charge is -2.53. The van der Waals surface area contributed by atoms with E-state index in [0.717, 1.165) is 27.5 Å². The smallest absolute Gasteiger partial charge is 0.256 e. The highest BCUT2D eigenvalue weighted by Gasteiger charge is 2.55. The number of hydrogen-bond donors (Lipinski definition) is 0. The van der Waals surface area contributed by atoms with Crippen molar-refractivity contribution in [2.45, 2.75) is 37.8 Å². The molecule has 8 nitrogen and oxygen atoms in total. The van der Waals surface area contributed by atoms with Crippen molar-refractivity contribution in [2.24, 2.45) is 0 Å². The molecular weight excluding hydrogens is 632 g/mol. The van der Waals surface area contributed by atoms with E-state index in [4.69, 9.17) is 16.3 Å². The lowest BCUT2D eigenvalue weighted by atomic mass is 9.77. The van der Waals surface area contributed by atoms with E-state index in [1.54, 1.807) is 29.0 Å². The lowest BCUT2D eigenvalue weighted by Crippen LogP contribution is -2.70. The minimum Gasteiger partial charge on any atom is -0.497 e. The van der Waals surface area contributed by atoms with Crippen LogP contribution in [-0.4, -0.2) is 73.6 Å². The van der Waals surface area contributed by atoms with E-state index in [-0.39, 0.29) is 44.2 Å². The summed E-state index contributed by atoms with van der Waals surface area (Å²) in [5.74, 6) is -0.730. The first-order valence-electron chi connectivity index (χ1n) is 14.6. The number of Topliss-reactive ketones (excluding diaryl/α,β-unsaturated/α-hetero) is 1. The van der Waals surface area contributed by atoms with Crippen LogP contribution < -0.4 is 4.74 Å². The van der Waals surface area contributed by atoms with Gasteiger partial charge in [-0.2, -0.15) is 0 Å². The van der Waals surface area contributed by atoms with Crippen molar-refractivity contribution in [1.82, 2.24) is 9.80 Å². The average molecular weight is 667 g/mol. The Labute approximate surface area is 272 Å². The highest BCUT2D eigenvalue weighted by molar-refractivity contribution is 7.91. The lowest BCUT2D eigenvalue weighted by molar-refractivity contribution is -0.151. The first-order valence-corrected chi connectivity index (χ1v) is 18.0. The van der Waals surface area contributed by atoms with Gasteiger partial charge in [-0.25, -0.2) is 8.42 Å². The first-order chi connectivity index (χ1) is 21.5. The van der Waals surface area contributed by atoms with Gasteiger partial charge in [-0.15, -0.1) is 11.3 Å². The predicted molar refractivity (Wildman–Crippen MR) is 178 cm³/mol. The standard InChI is InChI=1S/C34H35ClN2O6S2/c1-43-28-12-6-8-24(19-28)20-34(15-17-37(34)32(39)30-22-44-31-14-4-3-13-29(30)31)33(40)36(21-25-9-5-10-26(35)18-25)16-7-11-27(38)23-45(2,41)42/h3-6,8-10,12-14,18-19,22H,7,11,15-17,20-21,23H2,1-2H3. The molecule has 11 heteroatoms. The summed E-state index contributed by atoms with van der Waals surface area (Å²) in [4.78, 5) is 44.8. The van der Waals surface area contributed by atoms with Gasteiger partial charge in [-0.3, -0.25) is 14.4 Å². The molecule has 0 radical (unpaired) electrons. The highest BCUT2D eigenvalue weighted by Crippen LogP contribution is 2.40. The second-order valence-electron chi connectivity index (χ2n) is 11.5. The number of sulfone groups is 1. The third kappa shape index (κ3) is 7.57. The summed E-state index contributed by atoms with van der Waals surface area (Å²) in [6.07, 6.45) is 2.05. The summed E-state index contributed by atoms with van der Waals surface area (Å²) < 4.78 is 29.7. The van der Waals surface area contributed by atoms with Crippen LogP contribution in [0.5, 0.6) is 5.75 Å². The van der Waals surface area contributed by atoms with Crippen LogP contribution in [0, 0.1) is 0 Å². The van der Waals surface area contributed by atoms with Gasteiger partial charge in [0.25, 0.3) is 5.91 Å². The zero-order chi connectivity index (χ0) is 32.2. The van der Waals surface area contributed by atoms with Crippen LogP contribution in [-0.2, 0) is 32.4 Å². The maximum absolute atomic E-state index is 14.8. The number of fused-ring (bicyclic) bond motifs is 1. The number of ether oxygens (including phenoxy) is 1. The van der Waals surface area contributed by atoms with Gasteiger partial charge >= 0.3 is 0 Å². The number of benzene rings is 3. The number of methoxy groups -OCH3 is 1. The number of halogens is 1. The van der Waals surface area contributed by atoms with E-state index in [2.05, 4.69) is 0 Å². The van der Waals surface area contributed by atoms with Crippen molar-refractivity contribution in [3.05, 3.63) is 99.9 Å². The number of thiophene rings is 1. The zero-order valence-electron chi connectivity index (χ0n) is 25.2. The van der Waals surface area contributed by atoms with Crippen molar-refractivity contribution in [3.8, 4) is 5.75 Å². The van der Waals surface area contributed by atoms with Crippen molar-refractivity contribution in [1.29, 1.82) is 0 Å². The summed E-state index contributed by atoms with van der Waals surface area (Å²) >= 11 is 7.77. The van der Waals surface area contributed by atoms with Crippen LogP contribution in [0.1, 0.15) is 40.7 Å². The van der Waals surface area contributed by atoms with E-state index in [0.29, 0.717) is 29.3 Å². The SMILES string of the molecule is COc1cccc(CC2(C(=O)N(CCCC(=O)CS(C)(=O)=O)Cc3cccc(Cl)c3)CCN2C(=O)c2csc3ccccc23)c1. The molecule has 0 spiro atoms. The highest BCUT2D eigenvalue weighted by atomic mass is 35.5. The molecule has 1 fully saturated rings. The molecule has 3 aromatic carbocycles. The van der Waals surface area contributed by atoms with Crippen LogP contribution in [0.2, 0.25) is 5.02 Å². The monoisotopic (exact) mass is 666 g/mol. The Morgan fingerprint density at radius 2 is 1.78 bits per heavy atom. The van der Waals surface area contributed by atoms with Crippen LogP contribution in [0.15, 0.2) is 78.2 Å². The third-order valence-corrected chi connectivity index (χ3v) is 10.2. The molecule has 1 aliphatic rings. The molecule has 1 aromatic heterocycles. The van der Waals surface area contributed by atoms with Crippen molar-refractivity contribution in [3.63, 3.8) is 0 Å². The molecule has 2 heterocycles. The third-order valence-electron chi connectivity index (χ3n) is 8.11. The Morgan fingerprint density at radius 3 is 2.49 bits per heavy atom. The fourth-order valence-electron chi connectivity index (χ4n) is 5.91. The van der Waals surface area contributed by atoms with E-state index >= 15 is 0 Å². The van der Waals surface area contributed by atoms with Crippen LogP contribution in [0.25, 0.3) is 10.1 Å². The molecule has 1 aliphatic heterocycles. The number of nitrogens with zero attached hydrogens (tertiary/aromatic N) is 2. The number of likely N-dealkylation sites (tertiary alicyclic amines) is 1. The molecule has 45 heavy (non-hydrogen) atoms. The summed E-state index contributed by atoms with van der Waals surface area (Å²) in [5.41, 5.74) is 1.03. The predicted octanol–water partition coefficient (Wildman–Crippen LogP) is 5.81. The maximum Gasteiger partial charge on any atom is 0.256 e. The molecule has 236 valence electrons. The molecule has 0 N–H and O–H groups in total. The molecule has 1 unspecified atom stereocenters. The second-order valence-corrected chi connectivity index (χ2v) is 15.0. The maximum atomic E-state index is 14.8. The van der Waals surface area contributed by atoms with Crippen LogP contribution in [0.4, 0.5) is 0 Å². The Hall–Kier alpha value is -3.73. The largest absolute Gasteiger partial charge is 0.497 e. The molecule has 5 rings (SSSR count). The van der Waals surface area contributed by atoms with Crippen molar-refractivity contribution in [2.75, 3.05) is 32.2 Å². The van der Waals surface area contributed by atoms with Crippen molar-refractivity contribution >= 4 is 60.5 Å². The van der Waals surface area contributed by atoms with Crippen molar-refractivity contribution < 1.29 is 27.5 Å². The fourth-order valence-corrected chi connectivity index (χ4v) is 7.79. The minimum atomic E-state index is -3.45. The Bertz CT molecular complexity index is 1840. The van der Waals surface area contributed by atoms with Crippen LogP contribution >= 0.6 is 22.9 Å². The van der Waals surface area contributed by atoms with Gasteiger partial charge in [-0.1, -0.05) is 54.1 Å². The molecule has 0 aliphatic carbocycles. The molecule has 0 bridgehead atoms. The number of amides is 2. The number of ketones is 1. The van der Waals surface area contributed by atoms with Gasteiger partial charge in [0.05, 0.1) is 12.7 Å². The molecule has 0 saturated carbocycles. The van der Waals surface area contributed by atoms with Gasteiger partial charge in [0, 0.05) is 59.2 Å². The van der Waals surface area contributed by atoms with Gasteiger partial charge in [0.2, 0.25) is 5.91 Å². The van der Waals surface area contributed by atoms with E-state index in [1.807, 2.05) is 66.0 Å². The van der Waals surface area contributed by atoms with Gasteiger partial charge < -0.3 is 14.5 Å². The molecule has 4 aromatic rings. The molecule has 2 amide bonds. The summed E-state index contributed by atoms with van der Waals surface area (Å²) in [5, 5.41) is 3.23. The second kappa shape index (κ2) is 13.7. The quantitative estimate of drug-likeness (QED) is 0.178. The topological polar surface area (TPSA) is 101 Å². The van der Waals surface area contributed by atoms with E-state index in [1.165, 1.54) is 11.3 Å². The Kier molecular flexibility index (Phi) is 9.96. The average Bonchev–Trinajstić information content (AvgIpc) is 3.42. The Balaban J connectivity index is 1.50. The normalized spacial score (nSPS) is 16.3. The van der Waals surface area contributed by atoms with E-state index < -0.39 is 26.9 Å². The molecular formula is C34H35ClN2O6S2. The Morgan fingerprint density at radius 1 is 1.02 bits per heavy atom. The number of hydrogen-bond acceptors (Lipinski definition) is 7. The zero-order valence-corrected chi connectivity index (χ0v) is 27.6. The van der Waals surface area contributed by atoms with Gasteiger partial charge in [-0.05, 0) is 54.3 Å². The summed E-state index contributed by atoms with van der Waals surface area (Å²) in [6.45, 7) is 0.823. The minimum absolute atomic E-state index is 0.0127.